The van der Waals surface area contributed by atoms with Crippen LogP contribution >= 0.6 is 0 Å². The third kappa shape index (κ3) is 4.89. The number of methoxy groups -OCH3 is 1. The van der Waals surface area contributed by atoms with Gasteiger partial charge in [0.25, 0.3) is 0 Å². The molecule has 12 heteroatoms. The van der Waals surface area contributed by atoms with Crippen molar-refractivity contribution >= 4 is 17.7 Å². The summed E-state index contributed by atoms with van der Waals surface area (Å²) in [5.41, 5.74) is 1.80. The zero-order valence-electron chi connectivity index (χ0n) is 23.6. The van der Waals surface area contributed by atoms with Gasteiger partial charge in [-0.3, -0.25) is 4.79 Å². The van der Waals surface area contributed by atoms with Crippen molar-refractivity contribution in [2.75, 3.05) is 33.4 Å². The topological polar surface area (TPSA) is 111 Å². The van der Waals surface area contributed by atoms with Crippen LogP contribution in [0.5, 0.6) is 0 Å². The Morgan fingerprint density at radius 2 is 1.95 bits per heavy atom. The molecule has 1 unspecified atom stereocenters. The maximum Gasteiger partial charge on any atom is 0.409 e. The molecule has 1 aliphatic heterocycles. The molecule has 4 aromatic rings. The van der Waals surface area contributed by atoms with Gasteiger partial charge in [-0.25, -0.2) is 23.5 Å². The number of morpholine rings is 1. The molecule has 4 heterocycles. The third-order valence-corrected chi connectivity index (χ3v) is 7.91. The molecule has 0 radical (unpaired) electrons. The normalized spacial score (nSPS) is 17.8. The molecule has 1 aliphatic carbocycles. The lowest BCUT2D eigenvalue weighted by Crippen LogP contribution is -2.46. The fraction of sp³-hybridized carbons (Fsp3) is 0.400. The lowest BCUT2D eigenvalue weighted by molar-refractivity contribution is -0.146. The predicted octanol–water partition coefficient (Wildman–Crippen LogP) is 4.58. The van der Waals surface area contributed by atoms with Crippen LogP contribution in [-0.2, 0) is 30.8 Å². The fourth-order valence-corrected chi connectivity index (χ4v) is 5.56. The van der Waals surface area contributed by atoms with E-state index in [1.54, 1.807) is 22.4 Å². The highest BCUT2D eigenvalue weighted by atomic mass is 19.1. The SMILES string of the molecule is CCOC(=O)C1(c2c[nH]c(-c3cc(F)c(-c4nc5cc(C)ccn5c4CC4CN(C(=O)OC)CCO4)c(F)c3)n2)CC1. The van der Waals surface area contributed by atoms with Crippen LogP contribution in [-0.4, -0.2) is 75.8 Å². The molecular weight excluding hydrogens is 548 g/mol. The Morgan fingerprint density at radius 1 is 1.19 bits per heavy atom. The Morgan fingerprint density at radius 3 is 2.64 bits per heavy atom. The van der Waals surface area contributed by atoms with E-state index in [2.05, 4.69) is 15.0 Å². The van der Waals surface area contributed by atoms with Crippen molar-refractivity contribution in [1.29, 1.82) is 0 Å². The smallest absolute Gasteiger partial charge is 0.409 e. The molecule has 1 aromatic carbocycles. The first kappa shape index (κ1) is 27.8. The summed E-state index contributed by atoms with van der Waals surface area (Å²) in [5.74, 6) is -1.72. The van der Waals surface area contributed by atoms with Crippen molar-refractivity contribution in [2.24, 2.45) is 0 Å². The van der Waals surface area contributed by atoms with Gasteiger partial charge in [-0.15, -0.1) is 0 Å². The van der Waals surface area contributed by atoms with Crippen LogP contribution in [0.15, 0.2) is 36.7 Å². The van der Waals surface area contributed by atoms with Gasteiger partial charge in [-0.1, -0.05) is 0 Å². The molecule has 220 valence electrons. The highest BCUT2D eigenvalue weighted by molar-refractivity contribution is 5.86. The van der Waals surface area contributed by atoms with Crippen molar-refractivity contribution in [3.05, 3.63) is 65.2 Å². The number of nitrogens with zero attached hydrogens (tertiary/aromatic N) is 4. The Labute approximate surface area is 240 Å². The van der Waals surface area contributed by atoms with Crippen LogP contribution in [0.2, 0.25) is 0 Å². The average molecular weight is 580 g/mol. The number of halogens is 2. The highest BCUT2D eigenvalue weighted by Gasteiger charge is 2.54. The highest BCUT2D eigenvalue weighted by Crippen LogP contribution is 2.49. The van der Waals surface area contributed by atoms with Gasteiger partial charge in [0.05, 0.1) is 55.6 Å². The summed E-state index contributed by atoms with van der Waals surface area (Å²) in [4.78, 5) is 38.2. The molecule has 1 saturated carbocycles. The first-order valence-corrected chi connectivity index (χ1v) is 13.9. The Bertz CT molecular complexity index is 1650. The standard InChI is InChI=1S/C30H31F2N5O5/c1-4-41-28(38)30(6-7-30)23-15-33-27(34-23)18-12-20(31)25(21(32)13-18)26-22(37-8-5-17(2)11-24(37)35-26)14-19-16-36(9-10-42-19)29(39)40-3/h5,8,11-13,15,19H,4,6-7,9-10,14,16H2,1-3H3,(H,33,34). The van der Waals surface area contributed by atoms with Crippen molar-refractivity contribution in [3.8, 4) is 22.6 Å². The molecule has 2 fully saturated rings. The summed E-state index contributed by atoms with van der Waals surface area (Å²) in [6, 6.07) is 6.14. The van der Waals surface area contributed by atoms with Gasteiger partial charge in [0.1, 0.15) is 28.5 Å². The number of pyridine rings is 1. The molecule has 6 rings (SSSR count). The number of ether oxygens (including phenoxy) is 3. The number of carbonyl (C=O) groups excluding carboxylic acids is 2. The average Bonchev–Trinajstić information content (AvgIpc) is 3.51. The Kier molecular flexibility index (Phi) is 7.17. The second-order valence-corrected chi connectivity index (χ2v) is 10.7. The monoisotopic (exact) mass is 579 g/mol. The lowest BCUT2D eigenvalue weighted by atomic mass is 10.0. The number of amides is 1. The van der Waals surface area contributed by atoms with Gasteiger partial charge in [-0.2, -0.15) is 0 Å². The number of carbonyl (C=O) groups is 2. The molecule has 0 spiro atoms. The van der Waals surface area contributed by atoms with Crippen LogP contribution in [0.3, 0.4) is 0 Å². The third-order valence-electron chi connectivity index (χ3n) is 7.91. The van der Waals surface area contributed by atoms with E-state index in [0.717, 1.165) is 5.56 Å². The number of H-pyrrole nitrogens is 1. The van der Waals surface area contributed by atoms with Gasteiger partial charge in [0.2, 0.25) is 0 Å². The van der Waals surface area contributed by atoms with Crippen LogP contribution in [0.4, 0.5) is 13.6 Å². The number of hydrogen-bond donors (Lipinski definition) is 1. The van der Waals surface area contributed by atoms with Crippen molar-refractivity contribution < 1.29 is 32.6 Å². The largest absolute Gasteiger partial charge is 0.465 e. The number of rotatable bonds is 7. The van der Waals surface area contributed by atoms with Crippen molar-refractivity contribution in [3.63, 3.8) is 0 Å². The molecule has 0 bridgehead atoms. The summed E-state index contributed by atoms with van der Waals surface area (Å²) in [6.07, 6.45) is 3.98. The number of aryl methyl sites for hydroxylation is 1. The minimum Gasteiger partial charge on any atom is -0.465 e. The second kappa shape index (κ2) is 10.8. The molecule has 42 heavy (non-hydrogen) atoms. The molecule has 1 amide bonds. The van der Waals surface area contributed by atoms with E-state index >= 15 is 8.78 Å². The van der Waals surface area contributed by atoms with Crippen LogP contribution in [0.1, 0.15) is 36.7 Å². The summed E-state index contributed by atoms with van der Waals surface area (Å²) < 4.78 is 49.5. The summed E-state index contributed by atoms with van der Waals surface area (Å²) >= 11 is 0. The number of benzene rings is 1. The van der Waals surface area contributed by atoms with E-state index in [1.807, 2.05) is 25.3 Å². The number of hydrogen-bond acceptors (Lipinski definition) is 7. The van der Waals surface area contributed by atoms with Gasteiger partial charge in [0, 0.05) is 30.9 Å². The lowest BCUT2D eigenvalue weighted by Gasteiger charge is -2.32. The summed E-state index contributed by atoms with van der Waals surface area (Å²) in [5, 5.41) is 0. The zero-order valence-corrected chi connectivity index (χ0v) is 23.6. The van der Waals surface area contributed by atoms with E-state index in [9.17, 15) is 9.59 Å². The molecule has 2 aliphatic rings. The number of fused-ring (bicyclic) bond motifs is 1. The maximum absolute atomic E-state index is 15.8. The summed E-state index contributed by atoms with van der Waals surface area (Å²) in [6.45, 7) is 4.88. The molecule has 3 aromatic heterocycles. The van der Waals surface area contributed by atoms with E-state index < -0.39 is 29.2 Å². The maximum atomic E-state index is 15.8. The van der Waals surface area contributed by atoms with Gasteiger partial charge in [-0.05, 0) is 56.5 Å². The van der Waals surface area contributed by atoms with Gasteiger partial charge in [0.15, 0.2) is 0 Å². The first-order valence-electron chi connectivity index (χ1n) is 13.9. The van der Waals surface area contributed by atoms with Gasteiger partial charge >= 0.3 is 12.1 Å². The van der Waals surface area contributed by atoms with E-state index in [1.165, 1.54) is 19.2 Å². The Hall–Kier alpha value is -4.32. The van der Waals surface area contributed by atoms with Gasteiger partial charge < -0.3 is 28.5 Å². The zero-order chi connectivity index (χ0) is 29.6. The van der Waals surface area contributed by atoms with Crippen LogP contribution in [0.25, 0.3) is 28.3 Å². The quantitative estimate of drug-likeness (QED) is 0.319. The van der Waals surface area contributed by atoms with Crippen LogP contribution < -0.4 is 0 Å². The minimum absolute atomic E-state index is 0.153. The number of nitrogens with one attached hydrogen (secondary N) is 1. The predicted molar refractivity (Wildman–Crippen MR) is 148 cm³/mol. The summed E-state index contributed by atoms with van der Waals surface area (Å²) in [7, 11) is 1.32. The van der Waals surface area contributed by atoms with E-state index in [4.69, 9.17) is 14.2 Å². The number of aromatic amines is 1. The molecule has 10 nitrogen and oxygen atoms in total. The first-order chi connectivity index (χ1) is 20.2. The molecular formula is C30H31F2N5O5. The number of aromatic nitrogens is 4. The molecule has 1 atom stereocenters. The minimum atomic E-state index is -0.810. The Balaban J connectivity index is 1.36. The number of esters is 1. The van der Waals surface area contributed by atoms with Crippen molar-refractivity contribution in [1.82, 2.24) is 24.3 Å². The number of imidazole rings is 2. The second-order valence-electron chi connectivity index (χ2n) is 10.7. The fourth-order valence-electron chi connectivity index (χ4n) is 5.56. The molecule has 1 N–H and O–H groups in total. The van der Waals surface area contributed by atoms with Crippen molar-refractivity contribution in [2.45, 2.75) is 44.6 Å². The molecule has 1 saturated heterocycles. The van der Waals surface area contributed by atoms with Crippen LogP contribution in [0, 0.1) is 18.6 Å². The van der Waals surface area contributed by atoms with E-state index in [-0.39, 0.29) is 48.2 Å². The van der Waals surface area contributed by atoms with E-state index in [0.29, 0.717) is 43.0 Å².